The van der Waals surface area contributed by atoms with Crippen molar-refractivity contribution in [3.05, 3.63) is 63.5 Å². The van der Waals surface area contributed by atoms with Gasteiger partial charge in [0.25, 0.3) is 17.4 Å². The molecule has 2 amide bonds. The monoisotopic (exact) mass is 412 g/mol. The molecule has 1 N–H and O–H groups in total. The van der Waals surface area contributed by atoms with Gasteiger partial charge in [-0.2, -0.15) is 0 Å². The molecule has 3 heterocycles. The van der Waals surface area contributed by atoms with Crippen LogP contribution < -0.4 is 5.56 Å². The molecule has 8 nitrogen and oxygen atoms in total. The fraction of sp³-hybridized carbons (Fsp3) is 0.286. The first-order chi connectivity index (χ1) is 14.2. The van der Waals surface area contributed by atoms with Crippen molar-refractivity contribution >= 4 is 22.7 Å². The van der Waals surface area contributed by atoms with Gasteiger partial charge in [0.1, 0.15) is 11.2 Å². The summed E-state index contributed by atoms with van der Waals surface area (Å²) in [6.45, 7) is 0.823. The van der Waals surface area contributed by atoms with Crippen LogP contribution in [0.3, 0.4) is 0 Å². The second-order valence-corrected chi connectivity index (χ2v) is 7.60. The van der Waals surface area contributed by atoms with Gasteiger partial charge in [-0.3, -0.25) is 14.4 Å². The summed E-state index contributed by atoms with van der Waals surface area (Å²) in [5.74, 6) is -1.60. The van der Waals surface area contributed by atoms with E-state index in [2.05, 4.69) is 0 Å². The van der Waals surface area contributed by atoms with Crippen LogP contribution in [0.1, 0.15) is 26.4 Å². The van der Waals surface area contributed by atoms with Gasteiger partial charge in [0.2, 0.25) is 0 Å². The minimum atomic E-state index is -0.528. The molecule has 3 aromatic rings. The lowest BCUT2D eigenvalue weighted by Crippen LogP contribution is -2.37. The van der Waals surface area contributed by atoms with Crippen molar-refractivity contribution in [3.63, 3.8) is 0 Å². The maximum Gasteiger partial charge on any atom is 0.274 e. The lowest BCUT2D eigenvalue weighted by molar-refractivity contribution is 0.0745. The van der Waals surface area contributed by atoms with E-state index in [1.54, 1.807) is 37.8 Å². The Hall–Kier alpha value is -3.62. The zero-order valence-corrected chi connectivity index (χ0v) is 16.8. The predicted molar refractivity (Wildman–Crippen MR) is 108 cm³/mol. The molecule has 0 atom stereocenters. The fourth-order valence-electron chi connectivity index (χ4n) is 3.78. The fourth-order valence-corrected chi connectivity index (χ4v) is 3.78. The third kappa shape index (κ3) is 2.94. The number of halogens is 1. The molecule has 2 aromatic heterocycles. The SMILES string of the molecule is CN(C)C(=O)c1cn(Cc2ccc(F)cc2)c(=O)c2c(O)c3n(c12)CCN(C)C3=O. The largest absolute Gasteiger partial charge is 0.505 e. The zero-order valence-electron chi connectivity index (χ0n) is 16.8. The summed E-state index contributed by atoms with van der Waals surface area (Å²) in [7, 11) is 4.78. The normalized spacial score (nSPS) is 13.6. The van der Waals surface area contributed by atoms with E-state index in [9.17, 15) is 23.9 Å². The van der Waals surface area contributed by atoms with E-state index in [0.717, 1.165) is 0 Å². The molecule has 1 aliphatic rings. The van der Waals surface area contributed by atoms with Crippen LogP contribution >= 0.6 is 0 Å². The average Bonchev–Trinajstić information content (AvgIpc) is 3.01. The second kappa shape index (κ2) is 7.01. The van der Waals surface area contributed by atoms with Crippen molar-refractivity contribution in [1.82, 2.24) is 18.9 Å². The van der Waals surface area contributed by atoms with E-state index in [-0.39, 0.29) is 34.6 Å². The number of carbonyl (C=O) groups excluding carboxylic acids is 2. The standard InChI is InChI=1S/C21H21FN4O4/c1-23(2)19(28)14-11-25(10-12-4-6-13(22)7-5-12)20(29)15-16(14)26-9-8-24(3)21(30)17(26)18(15)27/h4-7,11,27H,8-10H2,1-3H3. The Morgan fingerprint density at radius 3 is 2.47 bits per heavy atom. The van der Waals surface area contributed by atoms with Crippen LogP contribution in [0.2, 0.25) is 0 Å². The first-order valence-corrected chi connectivity index (χ1v) is 9.41. The summed E-state index contributed by atoms with van der Waals surface area (Å²) in [5.41, 5.74) is 0.585. The molecule has 4 rings (SSSR count). The smallest absolute Gasteiger partial charge is 0.274 e. The van der Waals surface area contributed by atoms with E-state index in [1.165, 1.54) is 32.7 Å². The van der Waals surface area contributed by atoms with Gasteiger partial charge in [0.15, 0.2) is 11.4 Å². The van der Waals surface area contributed by atoms with Crippen LogP contribution in [-0.4, -0.2) is 63.5 Å². The van der Waals surface area contributed by atoms with Gasteiger partial charge >= 0.3 is 0 Å². The van der Waals surface area contributed by atoms with Crippen LogP contribution in [0, 0.1) is 5.82 Å². The third-order valence-electron chi connectivity index (χ3n) is 5.36. The number of aromatic nitrogens is 2. The van der Waals surface area contributed by atoms with Crippen molar-refractivity contribution in [1.29, 1.82) is 0 Å². The molecule has 30 heavy (non-hydrogen) atoms. The number of hydrogen-bond acceptors (Lipinski definition) is 4. The van der Waals surface area contributed by atoms with E-state index in [4.69, 9.17) is 0 Å². The van der Waals surface area contributed by atoms with Gasteiger partial charge in [0.05, 0.1) is 17.6 Å². The molecule has 0 aliphatic carbocycles. The number of carbonyl (C=O) groups is 2. The molecule has 0 bridgehead atoms. The number of fused-ring (bicyclic) bond motifs is 3. The van der Waals surface area contributed by atoms with Gasteiger partial charge in [0, 0.05) is 40.4 Å². The van der Waals surface area contributed by atoms with Crippen molar-refractivity contribution in [2.75, 3.05) is 27.7 Å². The molecule has 0 saturated heterocycles. The van der Waals surface area contributed by atoms with Crippen LogP contribution in [0.5, 0.6) is 5.75 Å². The first kappa shape index (κ1) is 19.7. The summed E-state index contributed by atoms with van der Waals surface area (Å²) in [4.78, 5) is 41.6. The van der Waals surface area contributed by atoms with Crippen LogP contribution in [0.25, 0.3) is 10.9 Å². The number of pyridine rings is 1. The number of rotatable bonds is 3. The lowest BCUT2D eigenvalue weighted by Gasteiger charge is -2.25. The van der Waals surface area contributed by atoms with Crippen LogP contribution in [0.15, 0.2) is 35.3 Å². The molecule has 0 unspecified atom stereocenters. The zero-order chi connectivity index (χ0) is 21.7. The lowest BCUT2D eigenvalue weighted by atomic mass is 10.1. The van der Waals surface area contributed by atoms with Gasteiger partial charge < -0.3 is 24.0 Å². The predicted octanol–water partition coefficient (Wildman–Crippen LogP) is 1.48. The van der Waals surface area contributed by atoms with E-state index in [1.807, 2.05) is 0 Å². The van der Waals surface area contributed by atoms with Gasteiger partial charge in [-0.15, -0.1) is 0 Å². The Balaban J connectivity index is 2.02. The molecule has 0 spiro atoms. The van der Waals surface area contributed by atoms with Crippen LogP contribution in [-0.2, 0) is 13.1 Å². The van der Waals surface area contributed by atoms with Crippen molar-refractivity contribution < 1.29 is 19.1 Å². The van der Waals surface area contributed by atoms with Gasteiger partial charge in [-0.25, -0.2) is 4.39 Å². The minimum Gasteiger partial charge on any atom is -0.505 e. The van der Waals surface area contributed by atoms with Gasteiger partial charge in [-0.05, 0) is 17.7 Å². The molecule has 0 fully saturated rings. The number of likely N-dealkylation sites (N-methyl/N-ethyl adjacent to an activating group) is 1. The highest BCUT2D eigenvalue weighted by molar-refractivity contribution is 6.11. The summed E-state index contributed by atoms with van der Waals surface area (Å²) < 4.78 is 16.1. The highest BCUT2D eigenvalue weighted by atomic mass is 19.1. The van der Waals surface area contributed by atoms with E-state index < -0.39 is 23.0 Å². The first-order valence-electron chi connectivity index (χ1n) is 9.41. The second-order valence-electron chi connectivity index (χ2n) is 7.60. The summed E-state index contributed by atoms with van der Waals surface area (Å²) >= 11 is 0. The number of aromatic hydroxyl groups is 1. The highest BCUT2D eigenvalue weighted by Crippen LogP contribution is 2.34. The maximum absolute atomic E-state index is 13.2. The minimum absolute atomic E-state index is 0.00295. The molecule has 0 radical (unpaired) electrons. The summed E-state index contributed by atoms with van der Waals surface area (Å²) in [5, 5.41) is 10.8. The Morgan fingerprint density at radius 2 is 1.83 bits per heavy atom. The van der Waals surface area contributed by atoms with Crippen molar-refractivity contribution in [3.8, 4) is 5.75 Å². The Morgan fingerprint density at radius 1 is 1.17 bits per heavy atom. The van der Waals surface area contributed by atoms with Gasteiger partial charge in [-0.1, -0.05) is 12.1 Å². The molecule has 1 aliphatic heterocycles. The summed E-state index contributed by atoms with van der Waals surface area (Å²) in [6.07, 6.45) is 1.44. The molecule has 156 valence electrons. The highest BCUT2D eigenvalue weighted by Gasteiger charge is 2.33. The number of hydrogen-bond donors (Lipinski definition) is 1. The molecular weight excluding hydrogens is 391 g/mol. The summed E-state index contributed by atoms with van der Waals surface area (Å²) in [6, 6.07) is 5.66. The van der Waals surface area contributed by atoms with E-state index >= 15 is 0 Å². The molecule has 0 saturated carbocycles. The van der Waals surface area contributed by atoms with Crippen molar-refractivity contribution in [2.45, 2.75) is 13.1 Å². The topological polar surface area (TPSA) is 87.8 Å². The Kier molecular flexibility index (Phi) is 4.60. The molecule has 9 heteroatoms. The number of benzene rings is 1. The molecule has 1 aromatic carbocycles. The average molecular weight is 412 g/mol. The van der Waals surface area contributed by atoms with Crippen molar-refractivity contribution in [2.24, 2.45) is 0 Å². The van der Waals surface area contributed by atoms with E-state index in [0.29, 0.717) is 18.7 Å². The third-order valence-corrected chi connectivity index (χ3v) is 5.36. The Labute approximate surface area is 171 Å². The number of amides is 2. The maximum atomic E-state index is 13.2. The quantitative estimate of drug-likeness (QED) is 0.706. The molecular formula is C21H21FN4O4. The Bertz CT molecular complexity index is 1240. The van der Waals surface area contributed by atoms with Crippen LogP contribution in [0.4, 0.5) is 4.39 Å². The number of nitrogens with zero attached hydrogens (tertiary/aromatic N) is 4.